The Kier molecular flexibility index (Phi) is 8.56. The number of benzene rings is 4. The molecule has 6 nitrogen and oxygen atoms in total. The predicted octanol–water partition coefficient (Wildman–Crippen LogP) is 7.31. The average Bonchev–Trinajstić information content (AvgIpc) is 2.97. The number of nitrogens with zero attached hydrogens (tertiary/aromatic N) is 2. The molecule has 0 spiro atoms. The lowest BCUT2D eigenvalue weighted by Gasteiger charge is -2.36. The maximum absolute atomic E-state index is 13.8. The fourth-order valence-corrected chi connectivity index (χ4v) is 5.27. The maximum Gasteiger partial charge on any atom is 0.270 e. The number of amides is 2. The monoisotopic (exact) mass is 630 g/mol. The van der Waals surface area contributed by atoms with E-state index in [4.69, 9.17) is 21.7 Å². The van der Waals surface area contributed by atoms with Crippen LogP contribution in [0.15, 0.2) is 107 Å². The van der Waals surface area contributed by atoms with Crippen LogP contribution in [0.2, 0.25) is 0 Å². The first-order valence-electron chi connectivity index (χ1n) is 12.8. The van der Waals surface area contributed by atoms with Gasteiger partial charge in [-0.3, -0.25) is 19.4 Å². The number of carbonyl (C=O) groups is 2. The molecule has 4 aromatic carbocycles. The zero-order valence-electron chi connectivity index (χ0n) is 21.9. The number of hydrogen-bond donors (Lipinski definition) is 0. The van der Waals surface area contributed by atoms with Gasteiger partial charge in [0, 0.05) is 0 Å². The first kappa shape index (κ1) is 28.2. The minimum absolute atomic E-state index is 0.0651. The largest absolute Gasteiger partial charge is 0.490 e. The Morgan fingerprint density at radius 2 is 1.39 bits per heavy atom. The van der Waals surface area contributed by atoms with E-state index in [9.17, 15) is 14.0 Å². The van der Waals surface area contributed by atoms with Gasteiger partial charge >= 0.3 is 0 Å². The number of anilines is 2. The summed E-state index contributed by atoms with van der Waals surface area (Å²) in [6.45, 7) is 2.38. The van der Waals surface area contributed by atoms with Crippen molar-refractivity contribution >= 4 is 62.5 Å². The Bertz CT molecular complexity index is 1570. The van der Waals surface area contributed by atoms with E-state index >= 15 is 0 Å². The molecule has 0 aliphatic carbocycles. The molecule has 1 aliphatic heterocycles. The summed E-state index contributed by atoms with van der Waals surface area (Å²) in [7, 11) is 0. The Morgan fingerprint density at radius 3 is 1.93 bits per heavy atom. The molecular formula is C32H24BrFN2O4S. The van der Waals surface area contributed by atoms with Crippen molar-refractivity contribution in [3.63, 3.8) is 0 Å². The van der Waals surface area contributed by atoms with Crippen LogP contribution in [-0.4, -0.2) is 23.5 Å². The highest BCUT2D eigenvalue weighted by Gasteiger charge is 2.41. The van der Waals surface area contributed by atoms with Gasteiger partial charge in [0.15, 0.2) is 16.6 Å². The fourth-order valence-electron chi connectivity index (χ4n) is 4.32. The van der Waals surface area contributed by atoms with E-state index < -0.39 is 11.8 Å². The number of halogens is 2. The van der Waals surface area contributed by atoms with Crippen molar-refractivity contribution in [3.8, 4) is 11.5 Å². The second-order valence-corrected chi connectivity index (χ2v) is 10.2. The maximum atomic E-state index is 13.8. The van der Waals surface area contributed by atoms with E-state index in [2.05, 4.69) is 15.9 Å². The van der Waals surface area contributed by atoms with Crippen molar-refractivity contribution < 1.29 is 23.5 Å². The van der Waals surface area contributed by atoms with E-state index in [-0.39, 0.29) is 23.1 Å². The molecule has 4 aromatic rings. The topological polar surface area (TPSA) is 59.1 Å². The number of thiocarbonyl (C=S) groups is 1. The van der Waals surface area contributed by atoms with Crippen LogP contribution in [-0.2, 0) is 16.2 Å². The van der Waals surface area contributed by atoms with E-state index in [1.807, 2.05) is 19.1 Å². The summed E-state index contributed by atoms with van der Waals surface area (Å²) < 4.78 is 25.7. The summed E-state index contributed by atoms with van der Waals surface area (Å²) in [6, 6.07) is 27.4. The van der Waals surface area contributed by atoms with Crippen molar-refractivity contribution in [1.82, 2.24) is 0 Å². The van der Waals surface area contributed by atoms with Gasteiger partial charge in [0.2, 0.25) is 0 Å². The smallest absolute Gasteiger partial charge is 0.270 e. The minimum atomic E-state index is -0.538. The number of para-hydroxylation sites is 2. The van der Waals surface area contributed by atoms with Gasteiger partial charge < -0.3 is 9.47 Å². The first-order chi connectivity index (χ1) is 19.9. The molecule has 0 radical (unpaired) electrons. The highest BCUT2D eigenvalue weighted by atomic mass is 79.9. The van der Waals surface area contributed by atoms with Crippen molar-refractivity contribution in [3.05, 3.63) is 124 Å². The third-order valence-corrected chi connectivity index (χ3v) is 7.17. The lowest BCUT2D eigenvalue weighted by molar-refractivity contribution is -0.120. The van der Waals surface area contributed by atoms with Crippen LogP contribution in [0.3, 0.4) is 0 Å². The standard InChI is InChI=1S/C32H24BrFN2O4S/c1-2-39-28-19-22(18-27(33)29(28)40-20-21-13-15-23(34)16-14-21)17-26-30(37)35(24-9-5-3-6-10-24)32(41)36(31(26)38)25-11-7-4-8-12-25/h3-19H,2,20H2,1H3. The predicted molar refractivity (Wildman–Crippen MR) is 164 cm³/mol. The van der Waals surface area contributed by atoms with E-state index in [1.165, 1.54) is 28.0 Å². The van der Waals surface area contributed by atoms with Crippen LogP contribution in [0.1, 0.15) is 18.1 Å². The zero-order chi connectivity index (χ0) is 28.9. The van der Waals surface area contributed by atoms with Crippen LogP contribution in [0.25, 0.3) is 6.08 Å². The van der Waals surface area contributed by atoms with Crippen LogP contribution < -0.4 is 19.3 Å². The van der Waals surface area contributed by atoms with Gasteiger partial charge in [-0.1, -0.05) is 48.5 Å². The van der Waals surface area contributed by atoms with Gasteiger partial charge in [0.1, 0.15) is 18.0 Å². The zero-order valence-corrected chi connectivity index (χ0v) is 24.3. The summed E-state index contributed by atoms with van der Waals surface area (Å²) in [4.78, 5) is 30.3. The molecule has 206 valence electrons. The second kappa shape index (κ2) is 12.4. The average molecular weight is 632 g/mol. The molecule has 0 saturated carbocycles. The molecule has 9 heteroatoms. The summed E-state index contributed by atoms with van der Waals surface area (Å²) in [5.74, 6) is -0.542. The third kappa shape index (κ3) is 6.06. The highest BCUT2D eigenvalue weighted by Crippen LogP contribution is 2.39. The SMILES string of the molecule is CCOc1cc(C=C2C(=O)N(c3ccccc3)C(=S)N(c3ccccc3)C2=O)cc(Br)c1OCc1ccc(F)cc1. The lowest BCUT2D eigenvalue weighted by Crippen LogP contribution is -2.56. The summed E-state index contributed by atoms with van der Waals surface area (Å²) >= 11 is 9.22. The van der Waals surface area contributed by atoms with Gasteiger partial charge in [0.05, 0.1) is 22.5 Å². The molecule has 2 amide bonds. The van der Waals surface area contributed by atoms with Crippen molar-refractivity contribution in [2.45, 2.75) is 13.5 Å². The Labute approximate surface area is 250 Å². The Morgan fingerprint density at radius 1 is 0.829 bits per heavy atom. The van der Waals surface area contributed by atoms with Crippen LogP contribution in [0.5, 0.6) is 11.5 Å². The van der Waals surface area contributed by atoms with Gasteiger partial charge in [-0.25, -0.2) is 4.39 Å². The van der Waals surface area contributed by atoms with Crippen LogP contribution >= 0.6 is 28.1 Å². The van der Waals surface area contributed by atoms with Crippen molar-refractivity contribution in [2.75, 3.05) is 16.4 Å². The molecule has 1 saturated heterocycles. The third-order valence-electron chi connectivity index (χ3n) is 6.22. The van der Waals surface area contributed by atoms with Crippen LogP contribution in [0, 0.1) is 5.82 Å². The van der Waals surface area contributed by atoms with Gasteiger partial charge in [-0.15, -0.1) is 0 Å². The molecule has 0 N–H and O–H groups in total. The lowest BCUT2D eigenvalue weighted by atomic mass is 10.0. The molecule has 1 fully saturated rings. The molecule has 1 heterocycles. The van der Waals surface area contributed by atoms with Crippen LogP contribution in [0.4, 0.5) is 15.8 Å². The molecule has 0 bridgehead atoms. The molecule has 0 aromatic heterocycles. The van der Waals surface area contributed by atoms with Gasteiger partial charge in [-0.05, 0) is 101 Å². The quantitative estimate of drug-likeness (QED) is 0.116. The number of rotatable bonds is 8. The number of carbonyl (C=O) groups excluding carboxylic acids is 2. The molecule has 0 unspecified atom stereocenters. The first-order valence-corrected chi connectivity index (χ1v) is 14.0. The summed E-state index contributed by atoms with van der Waals surface area (Å²) in [6.07, 6.45) is 1.52. The Hall–Kier alpha value is -4.34. The molecule has 0 atom stereocenters. The minimum Gasteiger partial charge on any atom is -0.490 e. The van der Waals surface area contributed by atoms with E-state index in [0.717, 1.165) is 5.56 Å². The van der Waals surface area contributed by atoms with Crippen molar-refractivity contribution in [1.29, 1.82) is 0 Å². The van der Waals surface area contributed by atoms with E-state index in [0.29, 0.717) is 39.5 Å². The molecule has 1 aliphatic rings. The molecular weight excluding hydrogens is 607 g/mol. The van der Waals surface area contributed by atoms with Gasteiger partial charge in [0.25, 0.3) is 11.8 Å². The molecule has 41 heavy (non-hydrogen) atoms. The Balaban J connectivity index is 1.55. The fraction of sp³-hybridized carbons (Fsp3) is 0.0938. The number of ether oxygens (including phenoxy) is 2. The van der Waals surface area contributed by atoms with Gasteiger partial charge in [-0.2, -0.15) is 0 Å². The highest BCUT2D eigenvalue weighted by molar-refractivity contribution is 9.10. The molecule has 5 rings (SSSR count). The van der Waals surface area contributed by atoms with E-state index in [1.54, 1.807) is 72.8 Å². The van der Waals surface area contributed by atoms with Crippen molar-refractivity contribution in [2.24, 2.45) is 0 Å². The summed E-state index contributed by atoms with van der Waals surface area (Å²) in [5, 5.41) is 0.0651. The normalized spacial score (nSPS) is 13.4. The second-order valence-electron chi connectivity index (χ2n) is 8.97. The number of hydrogen-bond acceptors (Lipinski definition) is 5. The summed E-state index contributed by atoms with van der Waals surface area (Å²) in [5.41, 5.74) is 2.34.